The largest absolute Gasteiger partial charge is 0.497 e. The van der Waals surface area contributed by atoms with Crippen LogP contribution in [0.4, 0.5) is 0 Å². The summed E-state index contributed by atoms with van der Waals surface area (Å²) in [6.45, 7) is 0. The first-order valence-electron chi connectivity index (χ1n) is 3.66. The van der Waals surface area contributed by atoms with Crippen LogP contribution in [0.5, 0.6) is 5.75 Å². The second-order valence-corrected chi connectivity index (χ2v) is 3.23. The molecule has 0 amide bonds. The quantitative estimate of drug-likeness (QED) is 0.470. The van der Waals surface area contributed by atoms with Crippen LogP contribution in [0.25, 0.3) is 0 Å². The van der Waals surface area contributed by atoms with Crippen LogP contribution in [0.3, 0.4) is 0 Å². The van der Waals surface area contributed by atoms with Gasteiger partial charge in [0.2, 0.25) is 0 Å². The predicted octanol–water partition coefficient (Wildman–Crippen LogP) is 1.47. The maximum absolute atomic E-state index is 10.2. The molecule has 0 aliphatic heterocycles. The summed E-state index contributed by atoms with van der Waals surface area (Å²) in [5, 5.41) is 0. The van der Waals surface area contributed by atoms with Crippen molar-refractivity contribution in [3.63, 3.8) is 0 Å². The Morgan fingerprint density at radius 2 is 1.56 bits per heavy atom. The maximum Gasteiger partial charge on any atom is 0.394 e. The van der Waals surface area contributed by atoms with Gasteiger partial charge in [0.05, 0.1) is 7.11 Å². The molecule has 0 atom stereocenters. The summed E-state index contributed by atoms with van der Waals surface area (Å²) in [6.07, 6.45) is 0.805. The smallest absolute Gasteiger partial charge is 0.394 e. The van der Waals surface area contributed by atoms with Crippen LogP contribution < -0.4 is 4.74 Å². The molecule has 0 aliphatic carbocycles. The van der Waals surface area contributed by atoms with E-state index in [0.717, 1.165) is 12.0 Å². The molecule has 0 bridgehead atoms. The van der Waals surface area contributed by atoms with E-state index in [1.807, 2.05) is 0 Å². The third-order valence-electron chi connectivity index (χ3n) is 1.25. The number of methoxy groups -OCH3 is 1. The first-order valence-corrected chi connectivity index (χ1v) is 5.05. The first kappa shape index (κ1) is 17.7. The van der Waals surface area contributed by atoms with Gasteiger partial charge in [0.15, 0.2) is 0 Å². The van der Waals surface area contributed by atoms with Gasteiger partial charge in [-0.05, 0) is 24.3 Å². The molecule has 0 saturated carbocycles. The molecule has 0 unspecified atom stereocenters. The van der Waals surface area contributed by atoms with E-state index in [-0.39, 0.29) is 24.0 Å². The van der Waals surface area contributed by atoms with Crippen molar-refractivity contribution in [3.8, 4) is 5.75 Å². The topological polar surface area (TPSA) is 101 Å². The lowest BCUT2D eigenvalue weighted by molar-refractivity contribution is 0.112. The van der Waals surface area contributed by atoms with E-state index in [2.05, 4.69) is 0 Å². The van der Waals surface area contributed by atoms with Crippen molar-refractivity contribution in [1.82, 2.24) is 0 Å². The van der Waals surface area contributed by atoms with E-state index < -0.39 is 10.4 Å². The van der Waals surface area contributed by atoms with Crippen molar-refractivity contribution >= 4 is 40.7 Å². The van der Waals surface area contributed by atoms with Gasteiger partial charge >= 0.3 is 10.4 Å². The summed E-state index contributed by atoms with van der Waals surface area (Å²) < 4.78 is 36.5. The molecule has 1 aromatic carbocycles. The van der Waals surface area contributed by atoms with Gasteiger partial charge in [-0.1, -0.05) is 0 Å². The molecular formula is C8H11IO6S. The number of hydrogen-bond donors (Lipinski definition) is 2. The third kappa shape index (κ3) is 11.4. The third-order valence-corrected chi connectivity index (χ3v) is 1.25. The number of ether oxygens (including phenoxy) is 1. The van der Waals surface area contributed by atoms with E-state index >= 15 is 0 Å². The summed E-state index contributed by atoms with van der Waals surface area (Å²) in [5.74, 6) is 0.769. The molecule has 0 aromatic heterocycles. The fourth-order valence-corrected chi connectivity index (χ4v) is 0.682. The minimum Gasteiger partial charge on any atom is -0.497 e. The molecule has 2 N–H and O–H groups in total. The van der Waals surface area contributed by atoms with E-state index in [1.165, 1.54) is 0 Å². The zero-order chi connectivity index (χ0) is 11.9. The number of carbonyl (C=O) groups excluding carboxylic acids is 1. The van der Waals surface area contributed by atoms with E-state index in [1.54, 1.807) is 31.4 Å². The highest BCUT2D eigenvalue weighted by Crippen LogP contribution is 2.09. The summed E-state index contributed by atoms with van der Waals surface area (Å²) in [7, 11) is -3.07. The summed E-state index contributed by atoms with van der Waals surface area (Å²) in [5.41, 5.74) is 0.667. The lowest BCUT2D eigenvalue weighted by atomic mass is 10.2. The Morgan fingerprint density at radius 3 is 1.81 bits per heavy atom. The van der Waals surface area contributed by atoms with Crippen molar-refractivity contribution in [2.75, 3.05) is 7.11 Å². The SMILES string of the molecule is COc1ccc(C=O)cc1.I.O=S(=O)(O)O. The Morgan fingerprint density at radius 1 is 1.19 bits per heavy atom. The molecule has 16 heavy (non-hydrogen) atoms. The standard InChI is InChI=1S/C8H8O2.HI.H2O4S/c1-10-8-4-2-7(6-9)3-5-8;;1-5(2,3)4/h2-6H,1H3;1H;(H2,1,2,3,4). The van der Waals surface area contributed by atoms with Crippen LogP contribution in [0, 0.1) is 0 Å². The summed E-state index contributed by atoms with van der Waals surface area (Å²) in [4.78, 5) is 10.2. The number of hydrogen-bond acceptors (Lipinski definition) is 4. The zero-order valence-corrected chi connectivity index (χ0v) is 11.4. The van der Waals surface area contributed by atoms with Crippen molar-refractivity contribution in [3.05, 3.63) is 29.8 Å². The van der Waals surface area contributed by atoms with Crippen molar-refractivity contribution < 1.29 is 27.1 Å². The molecule has 6 nitrogen and oxygen atoms in total. The van der Waals surface area contributed by atoms with Crippen LogP contribution in [0.2, 0.25) is 0 Å². The molecule has 0 saturated heterocycles. The van der Waals surface area contributed by atoms with Crippen LogP contribution in [-0.2, 0) is 10.4 Å². The fourth-order valence-electron chi connectivity index (χ4n) is 0.682. The monoisotopic (exact) mass is 362 g/mol. The lowest BCUT2D eigenvalue weighted by Crippen LogP contribution is -1.89. The second-order valence-electron chi connectivity index (χ2n) is 2.34. The van der Waals surface area contributed by atoms with Crippen LogP contribution in [-0.4, -0.2) is 30.9 Å². The van der Waals surface area contributed by atoms with E-state index in [4.69, 9.17) is 22.3 Å². The van der Waals surface area contributed by atoms with Gasteiger partial charge in [0, 0.05) is 5.56 Å². The molecule has 0 spiro atoms. The van der Waals surface area contributed by atoms with Gasteiger partial charge in [0.25, 0.3) is 0 Å². The minimum absolute atomic E-state index is 0. The van der Waals surface area contributed by atoms with Crippen LogP contribution in [0.15, 0.2) is 24.3 Å². The van der Waals surface area contributed by atoms with Gasteiger partial charge in [0.1, 0.15) is 12.0 Å². The predicted molar refractivity (Wildman–Crippen MR) is 68.0 cm³/mol. The minimum atomic E-state index is -4.67. The summed E-state index contributed by atoms with van der Waals surface area (Å²) >= 11 is 0. The Labute approximate surface area is 110 Å². The molecule has 0 radical (unpaired) electrons. The molecule has 8 heteroatoms. The van der Waals surface area contributed by atoms with Crippen LogP contribution >= 0.6 is 24.0 Å². The van der Waals surface area contributed by atoms with E-state index in [9.17, 15) is 4.79 Å². The second kappa shape index (κ2) is 8.44. The highest BCUT2D eigenvalue weighted by atomic mass is 127. The number of halogens is 1. The van der Waals surface area contributed by atoms with Gasteiger partial charge in [-0.25, -0.2) is 0 Å². The average Bonchev–Trinajstić information content (AvgIpc) is 2.15. The maximum atomic E-state index is 10.2. The van der Waals surface area contributed by atoms with Crippen molar-refractivity contribution in [1.29, 1.82) is 0 Å². The molecule has 1 aromatic rings. The molecule has 0 fully saturated rings. The molecule has 92 valence electrons. The fraction of sp³-hybridized carbons (Fsp3) is 0.125. The number of rotatable bonds is 2. The highest BCUT2D eigenvalue weighted by Gasteiger charge is 1.89. The van der Waals surface area contributed by atoms with Gasteiger partial charge in [-0.2, -0.15) is 8.42 Å². The van der Waals surface area contributed by atoms with Gasteiger partial charge in [-0.3, -0.25) is 13.9 Å². The van der Waals surface area contributed by atoms with Gasteiger partial charge in [-0.15, -0.1) is 24.0 Å². The highest BCUT2D eigenvalue weighted by molar-refractivity contribution is 14.0. The number of benzene rings is 1. The molecular weight excluding hydrogens is 351 g/mol. The van der Waals surface area contributed by atoms with Gasteiger partial charge < -0.3 is 4.74 Å². The number of carbonyl (C=O) groups is 1. The molecule has 0 heterocycles. The van der Waals surface area contributed by atoms with Crippen LogP contribution in [0.1, 0.15) is 10.4 Å². The Balaban J connectivity index is 0. The zero-order valence-electron chi connectivity index (χ0n) is 8.23. The normalized spacial score (nSPS) is 9.19. The Hall–Kier alpha value is -0.710. The lowest BCUT2D eigenvalue weighted by Gasteiger charge is -1.96. The molecule has 1 rings (SSSR count). The molecule has 0 aliphatic rings. The Bertz CT molecular complexity index is 391. The van der Waals surface area contributed by atoms with Crippen molar-refractivity contribution in [2.45, 2.75) is 0 Å². The van der Waals surface area contributed by atoms with E-state index in [0.29, 0.717) is 5.56 Å². The van der Waals surface area contributed by atoms with Crippen molar-refractivity contribution in [2.24, 2.45) is 0 Å². The summed E-state index contributed by atoms with van der Waals surface area (Å²) in [6, 6.07) is 6.94. The number of aldehydes is 1. The first-order chi connectivity index (χ1) is 6.86. The Kier molecular flexibility index (Phi) is 9.33. The average molecular weight is 362 g/mol.